The van der Waals surface area contributed by atoms with E-state index in [1.807, 2.05) is 6.92 Å². The molecule has 6 rings (SSSR count). The molecule has 0 radical (unpaired) electrons. The van der Waals surface area contributed by atoms with Gasteiger partial charge in [-0.3, -0.25) is 53.2 Å². The molecule has 83 heavy (non-hydrogen) atoms. The zero-order valence-electron chi connectivity index (χ0n) is 49.0. The maximum atomic E-state index is 15.5. The van der Waals surface area contributed by atoms with E-state index in [1.54, 1.807) is 153 Å². The summed E-state index contributed by atoms with van der Waals surface area (Å²) in [6, 6.07) is 24.2. The predicted molar refractivity (Wildman–Crippen MR) is 301 cm³/mol. The van der Waals surface area contributed by atoms with Crippen molar-refractivity contribution in [3.8, 4) is 23.0 Å². The number of urea groups is 2. The average molecular weight is 1150 g/mol. The van der Waals surface area contributed by atoms with E-state index in [0.717, 1.165) is 0 Å². The minimum Gasteiger partial charge on any atom is -0.493 e. The van der Waals surface area contributed by atoms with Crippen molar-refractivity contribution in [2.24, 2.45) is 5.92 Å². The quantitative estimate of drug-likeness (QED) is 0.0582. The zero-order chi connectivity index (χ0) is 60.8. The van der Waals surface area contributed by atoms with Gasteiger partial charge >= 0.3 is 30.0 Å². The van der Waals surface area contributed by atoms with Gasteiger partial charge in [-0.25, -0.2) is 9.59 Å². The van der Waals surface area contributed by atoms with Crippen LogP contribution < -0.4 is 18.9 Å². The van der Waals surface area contributed by atoms with Crippen LogP contribution in [0.3, 0.4) is 0 Å². The molecular formula is C59H74N8O16. The summed E-state index contributed by atoms with van der Waals surface area (Å²) in [5.41, 5.74) is 1.65. The molecule has 4 aromatic rings. The van der Waals surface area contributed by atoms with Gasteiger partial charge in [0.05, 0.1) is 26.2 Å². The minimum atomic E-state index is -1.23. The molecule has 0 spiro atoms. The number of ether oxygens (including phenoxy) is 7. The summed E-state index contributed by atoms with van der Waals surface area (Å²) in [5.74, 6) is -2.05. The highest BCUT2D eigenvalue weighted by atomic mass is 16.6. The fraction of sp³-hybridized carbons (Fsp3) is 0.441. The first-order chi connectivity index (χ1) is 39.3. The SMILES string of the molecule is CC(=O)OC(COc1ccc(C(=O)N(C)C)cc1)CN1C(=O)N(CC(COc2ccc(C(=O)N(C)C)cc2)OC(C)=O)C2C1N(CC(C)COc1ccc(C(=O)N(C)C)cc1)C(=O)N2CC(COc1ccc(C(=O)N(C)C)cc1)OC(C)=O. The number of hydrogen-bond donors (Lipinski definition) is 0. The molecule has 24 heteroatoms. The molecule has 2 saturated heterocycles. The lowest BCUT2D eigenvalue weighted by Gasteiger charge is -2.34. The Bertz CT molecular complexity index is 2850. The third kappa shape index (κ3) is 17.0. The normalized spacial score (nSPS) is 16.0. The van der Waals surface area contributed by atoms with Crippen molar-refractivity contribution in [3.63, 3.8) is 0 Å². The number of fused-ring (bicyclic) bond motifs is 1. The Labute approximate surface area is 483 Å². The van der Waals surface area contributed by atoms with Crippen molar-refractivity contribution in [2.75, 3.05) is 109 Å². The third-order valence-electron chi connectivity index (χ3n) is 13.1. The van der Waals surface area contributed by atoms with Crippen molar-refractivity contribution in [1.82, 2.24) is 39.2 Å². The lowest BCUT2D eigenvalue weighted by molar-refractivity contribution is -0.150. The zero-order valence-corrected chi connectivity index (χ0v) is 49.0. The lowest BCUT2D eigenvalue weighted by Crippen LogP contribution is -2.53. The molecule has 2 aliphatic rings. The van der Waals surface area contributed by atoms with Crippen molar-refractivity contribution < 1.29 is 76.3 Å². The summed E-state index contributed by atoms with van der Waals surface area (Å²) in [6.45, 7) is 3.52. The summed E-state index contributed by atoms with van der Waals surface area (Å²) >= 11 is 0. The summed E-state index contributed by atoms with van der Waals surface area (Å²) in [7, 11) is 13.0. The van der Waals surface area contributed by atoms with E-state index in [2.05, 4.69) is 0 Å². The molecular weight excluding hydrogens is 1080 g/mol. The summed E-state index contributed by atoms with van der Waals surface area (Å²) in [6.07, 6.45) is -5.90. The topological polar surface area (TPSA) is 244 Å². The molecule has 2 fully saturated rings. The number of hydrogen-bond acceptors (Lipinski definition) is 16. The fourth-order valence-electron chi connectivity index (χ4n) is 9.24. The molecule has 2 heterocycles. The van der Waals surface area contributed by atoms with E-state index in [0.29, 0.717) is 45.3 Å². The Morgan fingerprint density at radius 3 is 0.807 bits per heavy atom. The van der Waals surface area contributed by atoms with Crippen molar-refractivity contribution in [1.29, 1.82) is 0 Å². The highest BCUT2D eigenvalue weighted by molar-refractivity contribution is 5.95. The third-order valence-corrected chi connectivity index (χ3v) is 13.1. The van der Waals surface area contributed by atoms with Crippen LogP contribution in [0.25, 0.3) is 0 Å². The van der Waals surface area contributed by atoms with E-state index < -0.39 is 66.5 Å². The average Bonchev–Trinajstić information content (AvgIpc) is 3.58. The lowest BCUT2D eigenvalue weighted by atomic mass is 10.1. The largest absolute Gasteiger partial charge is 0.493 e. The van der Waals surface area contributed by atoms with E-state index in [-0.39, 0.29) is 76.2 Å². The van der Waals surface area contributed by atoms with Crippen LogP contribution in [0.15, 0.2) is 97.1 Å². The van der Waals surface area contributed by atoms with E-state index >= 15 is 9.59 Å². The van der Waals surface area contributed by atoms with Gasteiger partial charge < -0.3 is 52.8 Å². The monoisotopic (exact) mass is 1150 g/mol. The van der Waals surface area contributed by atoms with E-state index in [4.69, 9.17) is 33.2 Å². The Morgan fingerprint density at radius 1 is 0.373 bits per heavy atom. The Kier molecular flexibility index (Phi) is 21.7. The smallest absolute Gasteiger partial charge is 0.323 e. The van der Waals surface area contributed by atoms with Gasteiger partial charge in [0, 0.05) is 112 Å². The van der Waals surface area contributed by atoms with Crippen LogP contribution in [0.1, 0.15) is 69.1 Å². The van der Waals surface area contributed by atoms with Crippen LogP contribution >= 0.6 is 0 Å². The highest BCUT2D eigenvalue weighted by Crippen LogP contribution is 2.37. The van der Waals surface area contributed by atoms with Gasteiger partial charge in [-0.1, -0.05) is 6.92 Å². The molecule has 2 aliphatic heterocycles. The molecule has 0 aromatic heterocycles. The number of rotatable bonds is 27. The molecule has 0 N–H and O–H groups in total. The Morgan fingerprint density at radius 2 is 0.590 bits per heavy atom. The van der Waals surface area contributed by atoms with Crippen LogP contribution in [0.5, 0.6) is 23.0 Å². The predicted octanol–water partition coefficient (Wildman–Crippen LogP) is 4.67. The van der Waals surface area contributed by atoms with Gasteiger partial charge in [0.2, 0.25) is 0 Å². The van der Waals surface area contributed by atoms with Crippen LogP contribution in [-0.4, -0.2) is 232 Å². The summed E-state index contributed by atoms with van der Waals surface area (Å²) < 4.78 is 42.0. The molecule has 24 nitrogen and oxygen atoms in total. The molecule has 0 aliphatic carbocycles. The molecule has 446 valence electrons. The van der Waals surface area contributed by atoms with Crippen LogP contribution in [0.2, 0.25) is 0 Å². The summed E-state index contributed by atoms with van der Waals surface area (Å²) in [4.78, 5) is 131. The maximum Gasteiger partial charge on any atom is 0.323 e. The second kappa shape index (κ2) is 28.6. The number of esters is 3. The Balaban J connectivity index is 1.39. The number of carbonyl (C=O) groups is 9. The summed E-state index contributed by atoms with van der Waals surface area (Å²) in [5, 5.41) is 0. The van der Waals surface area contributed by atoms with Gasteiger partial charge in [0.15, 0.2) is 18.3 Å². The van der Waals surface area contributed by atoms with Crippen LogP contribution in [0, 0.1) is 5.92 Å². The number of nitrogens with zero attached hydrogens (tertiary/aromatic N) is 8. The van der Waals surface area contributed by atoms with Crippen molar-refractivity contribution >= 4 is 53.6 Å². The van der Waals surface area contributed by atoms with Gasteiger partial charge in [0.25, 0.3) is 23.6 Å². The second-order valence-electron chi connectivity index (χ2n) is 20.9. The van der Waals surface area contributed by atoms with Crippen molar-refractivity contribution in [3.05, 3.63) is 119 Å². The molecule has 8 amide bonds. The first kappa shape index (κ1) is 63.1. The molecule has 4 aromatic carbocycles. The molecule has 0 bridgehead atoms. The number of carbonyl (C=O) groups excluding carboxylic acids is 9. The van der Waals surface area contributed by atoms with Gasteiger partial charge in [0.1, 0.15) is 55.2 Å². The number of benzene rings is 4. The maximum absolute atomic E-state index is 15.5. The van der Waals surface area contributed by atoms with Gasteiger partial charge in [-0.2, -0.15) is 0 Å². The molecule has 6 atom stereocenters. The first-order valence-corrected chi connectivity index (χ1v) is 26.8. The molecule has 6 unspecified atom stereocenters. The highest BCUT2D eigenvalue weighted by Gasteiger charge is 2.60. The Hall–Kier alpha value is -9.09. The van der Waals surface area contributed by atoms with E-state index in [1.165, 1.54) is 60.0 Å². The molecule has 0 saturated carbocycles. The fourth-order valence-corrected chi connectivity index (χ4v) is 9.24. The van der Waals surface area contributed by atoms with Crippen LogP contribution in [0.4, 0.5) is 9.59 Å². The number of amides is 8. The van der Waals surface area contributed by atoms with E-state index in [9.17, 15) is 33.6 Å². The second-order valence-corrected chi connectivity index (χ2v) is 20.9. The van der Waals surface area contributed by atoms with Crippen molar-refractivity contribution in [2.45, 2.75) is 58.3 Å². The minimum absolute atomic E-state index is 0.0341. The van der Waals surface area contributed by atoms with Gasteiger partial charge in [-0.15, -0.1) is 0 Å². The van der Waals surface area contributed by atoms with Crippen LogP contribution in [-0.2, 0) is 28.6 Å². The van der Waals surface area contributed by atoms with Gasteiger partial charge in [-0.05, 0) is 97.1 Å². The first-order valence-electron chi connectivity index (χ1n) is 26.8. The standard InChI is InChI=1S/C59H74N8O16/c1-37(33-77-45-21-13-41(14-22-45)54(71)60(5)6)29-64-52-53(66(58(64)75)31-50(82-39(3)69)35-79-47-25-17-43(18-26-47)56(73)62(9)10)67(32-51(83-40(4)70)36-80-48-27-19-44(20-28-48)57(74)63(11)12)59(76)65(52)30-49(81-38(2)68)34-78-46-23-15-42(16-24-46)55(72)61(7)8/h13-28,37,49-53H,29-36H2,1-12H3.